The van der Waals surface area contributed by atoms with E-state index in [0.717, 1.165) is 10.0 Å². The number of hydrazone groups is 1. The second kappa shape index (κ2) is 12.2. The third-order valence-electron chi connectivity index (χ3n) is 4.99. The Bertz CT molecular complexity index is 1370. The van der Waals surface area contributed by atoms with Crippen LogP contribution in [0, 0.1) is 0 Å². The lowest BCUT2D eigenvalue weighted by Crippen LogP contribution is -2.18. The van der Waals surface area contributed by atoms with Gasteiger partial charge in [0.2, 0.25) is 0 Å². The first kappa shape index (κ1) is 25.2. The van der Waals surface area contributed by atoms with Crippen molar-refractivity contribution >= 4 is 45.6 Å². The molecule has 1 amide bonds. The minimum Gasteiger partial charge on any atom is -0.488 e. The maximum Gasteiger partial charge on any atom is 0.343 e. The van der Waals surface area contributed by atoms with Gasteiger partial charge in [0, 0.05) is 9.50 Å². The van der Waals surface area contributed by atoms with Gasteiger partial charge in [0.25, 0.3) is 5.91 Å². The zero-order valence-corrected chi connectivity index (χ0v) is 21.2. The van der Waals surface area contributed by atoms with E-state index in [9.17, 15) is 9.59 Å². The fourth-order valence-electron chi connectivity index (χ4n) is 3.12. The summed E-state index contributed by atoms with van der Waals surface area (Å²) >= 11 is 9.25. The van der Waals surface area contributed by atoms with Gasteiger partial charge in [-0.2, -0.15) is 5.10 Å². The zero-order valence-electron chi connectivity index (χ0n) is 18.9. The first-order valence-corrected chi connectivity index (χ1v) is 12.0. The lowest BCUT2D eigenvalue weighted by Gasteiger charge is -2.10. The highest BCUT2D eigenvalue weighted by Crippen LogP contribution is 2.20. The summed E-state index contributed by atoms with van der Waals surface area (Å²) in [5, 5.41) is 4.67. The van der Waals surface area contributed by atoms with E-state index in [1.807, 2.05) is 12.1 Å². The van der Waals surface area contributed by atoms with E-state index >= 15 is 0 Å². The summed E-state index contributed by atoms with van der Waals surface area (Å²) < 4.78 is 12.1. The van der Waals surface area contributed by atoms with Crippen LogP contribution in [0.25, 0.3) is 0 Å². The zero-order chi connectivity index (χ0) is 25.3. The maximum atomic E-state index is 12.7. The number of carbonyl (C=O) groups is 2. The van der Waals surface area contributed by atoms with Crippen molar-refractivity contribution in [1.82, 2.24) is 5.43 Å². The fraction of sp³-hybridized carbons (Fsp3) is 0.0357. The Morgan fingerprint density at radius 2 is 1.58 bits per heavy atom. The average Bonchev–Trinajstić information content (AvgIpc) is 2.90. The minimum atomic E-state index is -0.451. The first-order valence-electron chi connectivity index (χ1n) is 10.9. The number of nitrogens with one attached hydrogen (secondary N) is 1. The molecule has 8 heteroatoms. The SMILES string of the molecule is O=C(Oc1ccc(C=NNC(=O)c2ccccc2OCc2ccc(Cl)cc2)cc1)c1ccc(Br)cc1. The molecule has 0 saturated heterocycles. The molecule has 0 aliphatic rings. The molecule has 0 radical (unpaired) electrons. The van der Waals surface area contributed by atoms with Gasteiger partial charge in [0.15, 0.2) is 0 Å². The van der Waals surface area contributed by atoms with Gasteiger partial charge in [-0.1, -0.05) is 51.8 Å². The summed E-state index contributed by atoms with van der Waals surface area (Å²) in [7, 11) is 0. The topological polar surface area (TPSA) is 77.0 Å². The molecular weight excluding hydrogens is 544 g/mol. The van der Waals surface area contributed by atoms with E-state index in [1.165, 1.54) is 6.21 Å². The molecule has 0 aliphatic heterocycles. The number of carbonyl (C=O) groups excluding carboxylic acids is 2. The largest absolute Gasteiger partial charge is 0.488 e. The molecule has 180 valence electrons. The summed E-state index contributed by atoms with van der Waals surface area (Å²) in [5.74, 6) is -0.0147. The predicted octanol–water partition coefficient (Wildman–Crippen LogP) is 6.66. The standard InChI is InChI=1S/C28H20BrClN2O4/c29-22-11-9-21(10-12-22)28(34)36-24-15-7-19(8-16-24)17-31-32-27(33)25-3-1-2-4-26(25)35-18-20-5-13-23(30)14-6-20/h1-17H,18H2,(H,32,33). The number of ether oxygens (including phenoxy) is 2. The van der Waals surface area contributed by atoms with Crippen molar-refractivity contribution in [1.29, 1.82) is 0 Å². The Balaban J connectivity index is 1.32. The highest BCUT2D eigenvalue weighted by molar-refractivity contribution is 9.10. The molecule has 0 aliphatic carbocycles. The van der Waals surface area contributed by atoms with Gasteiger partial charge < -0.3 is 9.47 Å². The Labute approximate surface area is 221 Å². The van der Waals surface area contributed by atoms with Gasteiger partial charge >= 0.3 is 5.97 Å². The Kier molecular flexibility index (Phi) is 8.49. The molecule has 6 nitrogen and oxygen atoms in total. The molecule has 1 N–H and O–H groups in total. The number of benzene rings is 4. The van der Waals surface area contributed by atoms with Crippen molar-refractivity contribution in [2.75, 3.05) is 0 Å². The van der Waals surface area contributed by atoms with Crippen molar-refractivity contribution in [3.05, 3.63) is 129 Å². The van der Waals surface area contributed by atoms with Crippen molar-refractivity contribution < 1.29 is 19.1 Å². The van der Waals surface area contributed by atoms with Crippen LogP contribution < -0.4 is 14.9 Å². The predicted molar refractivity (Wildman–Crippen MR) is 143 cm³/mol. The van der Waals surface area contributed by atoms with Crippen molar-refractivity contribution in [3.63, 3.8) is 0 Å². The van der Waals surface area contributed by atoms with Gasteiger partial charge in [-0.05, 0) is 83.9 Å². The quantitative estimate of drug-likeness (QED) is 0.112. The molecule has 0 bridgehead atoms. The third-order valence-corrected chi connectivity index (χ3v) is 5.77. The third kappa shape index (κ3) is 7.04. The summed E-state index contributed by atoms with van der Waals surface area (Å²) in [6.07, 6.45) is 1.50. The maximum absolute atomic E-state index is 12.7. The van der Waals surface area contributed by atoms with Crippen molar-refractivity contribution in [2.24, 2.45) is 5.10 Å². The summed E-state index contributed by atoms with van der Waals surface area (Å²) in [4.78, 5) is 24.9. The van der Waals surface area contributed by atoms with E-state index < -0.39 is 11.9 Å². The normalized spacial score (nSPS) is 10.7. The van der Waals surface area contributed by atoms with Crippen LogP contribution in [0.3, 0.4) is 0 Å². The van der Waals surface area contributed by atoms with Crippen LogP contribution in [-0.2, 0) is 6.61 Å². The molecule has 4 aromatic rings. The molecular formula is C28H20BrClN2O4. The van der Waals surface area contributed by atoms with Crippen LogP contribution in [0.4, 0.5) is 0 Å². The van der Waals surface area contributed by atoms with Gasteiger partial charge in [0.1, 0.15) is 18.1 Å². The Hall–Kier alpha value is -3.94. The van der Waals surface area contributed by atoms with E-state index in [0.29, 0.717) is 39.8 Å². The highest BCUT2D eigenvalue weighted by atomic mass is 79.9. The second-order valence-electron chi connectivity index (χ2n) is 7.58. The fourth-order valence-corrected chi connectivity index (χ4v) is 3.51. The lowest BCUT2D eigenvalue weighted by molar-refractivity contribution is 0.0734. The van der Waals surface area contributed by atoms with Gasteiger partial charge in [-0.3, -0.25) is 4.79 Å². The summed E-state index contributed by atoms with van der Waals surface area (Å²) in [6, 6.07) is 27.9. The molecule has 0 unspecified atom stereocenters. The van der Waals surface area contributed by atoms with Crippen molar-refractivity contribution in [2.45, 2.75) is 6.61 Å². The average molecular weight is 564 g/mol. The number of rotatable bonds is 8. The van der Waals surface area contributed by atoms with Gasteiger partial charge in [0.05, 0.1) is 17.3 Å². The Morgan fingerprint density at radius 3 is 2.31 bits per heavy atom. The number of para-hydroxylation sites is 1. The van der Waals surface area contributed by atoms with Gasteiger partial charge in [-0.15, -0.1) is 0 Å². The molecule has 0 atom stereocenters. The van der Waals surface area contributed by atoms with Crippen LogP contribution in [0.15, 0.2) is 107 Å². The van der Waals surface area contributed by atoms with E-state index in [2.05, 4.69) is 26.5 Å². The van der Waals surface area contributed by atoms with Crippen molar-refractivity contribution in [3.8, 4) is 11.5 Å². The highest BCUT2D eigenvalue weighted by Gasteiger charge is 2.12. The van der Waals surface area contributed by atoms with Crippen LogP contribution in [0.5, 0.6) is 11.5 Å². The molecule has 0 saturated carbocycles. The van der Waals surface area contributed by atoms with E-state index in [1.54, 1.807) is 84.9 Å². The molecule has 0 fully saturated rings. The van der Waals surface area contributed by atoms with Crippen LogP contribution in [-0.4, -0.2) is 18.1 Å². The first-order chi connectivity index (χ1) is 17.5. The lowest BCUT2D eigenvalue weighted by atomic mass is 10.2. The molecule has 4 aromatic carbocycles. The second-order valence-corrected chi connectivity index (χ2v) is 8.93. The number of hydrogen-bond donors (Lipinski definition) is 1. The molecule has 0 heterocycles. The summed E-state index contributed by atoms with van der Waals surface area (Å²) in [5.41, 5.74) is 4.96. The van der Waals surface area contributed by atoms with E-state index in [4.69, 9.17) is 21.1 Å². The smallest absolute Gasteiger partial charge is 0.343 e. The van der Waals surface area contributed by atoms with Crippen LogP contribution in [0.1, 0.15) is 31.8 Å². The van der Waals surface area contributed by atoms with Crippen LogP contribution in [0.2, 0.25) is 5.02 Å². The van der Waals surface area contributed by atoms with Crippen LogP contribution >= 0.6 is 27.5 Å². The van der Waals surface area contributed by atoms with E-state index in [-0.39, 0.29) is 0 Å². The number of amides is 1. The molecule has 36 heavy (non-hydrogen) atoms. The number of nitrogens with zero attached hydrogens (tertiary/aromatic N) is 1. The molecule has 4 rings (SSSR count). The Morgan fingerprint density at radius 1 is 0.889 bits per heavy atom. The molecule has 0 aromatic heterocycles. The number of esters is 1. The van der Waals surface area contributed by atoms with Gasteiger partial charge in [-0.25, -0.2) is 10.2 Å². The monoisotopic (exact) mass is 562 g/mol. The molecule has 0 spiro atoms. The minimum absolute atomic E-state index is 0.295. The number of hydrogen-bond acceptors (Lipinski definition) is 5. The summed E-state index contributed by atoms with van der Waals surface area (Å²) in [6.45, 7) is 0.295. The number of halogens is 2.